The summed E-state index contributed by atoms with van der Waals surface area (Å²) in [6.45, 7) is 4.58. The van der Waals surface area contributed by atoms with E-state index in [1.807, 2.05) is 0 Å². The number of rotatable bonds is 5. The van der Waals surface area contributed by atoms with Crippen LogP contribution in [0.3, 0.4) is 0 Å². The third kappa shape index (κ3) is 3.80. The average molecular weight is 313 g/mol. The quantitative estimate of drug-likeness (QED) is 0.736. The van der Waals surface area contributed by atoms with Crippen LogP contribution in [-0.4, -0.2) is 30.2 Å². The van der Waals surface area contributed by atoms with Gasteiger partial charge in [0.15, 0.2) is 0 Å². The summed E-state index contributed by atoms with van der Waals surface area (Å²) in [5.41, 5.74) is 1.73. The number of nitrogens with zero attached hydrogens (tertiary/aromatic N) is 1. The van der Waals surface area contributed by atoms with Crippen LogP contribution in [0.25, 0.3) is 0 Å². The van der Waals surface area contributed by atoms with Crippen LogP contribution in [0.15, 0.2) is 30.3 Å². The van der Waals surface area contributed by atoms with Gasteiger partial charge >= 0.3 is 0 Å². The number of likely N-dealkylation sites (tertiary alicyclic amines) is 1. The molecule has 1 saturated carbocycles. The van der Waals surface area contributed by atoms with E-state index >= 15 is 0 Å². The summed E-state index contributed by atoms with van der Waals surface area (Å²) in [6, 6.07) is 10.9. The summed E-state index contributed by atoms with van der Waals surface area (Å²) < 4.78 is 5.96. The van der Waals surface area contributed by atoms with Crippen molar-refractivity contribution in [1.82, 2.24) is 4.90 Å². The smallest absolute Gasteiger partial charge is 0.0968 e. The summed E-state index contributed by atoms with van der Waals surface area (Å²) in [4.78, 5) is 2.66. The molecule has 2 saturated heterocycles. The molecular weight excluding hydrogens is 282 g/mol. The van der Waals surface area contributed by atoms with Crippen molar-refractivity contribution in [1.29, 1.82) is 0 Å². The Morgan fingerprint density at radius 3 is 2.57 bits per heavy atom. The fourth-order valence-electron chi connectivity index (χ4n) is 4.85. The number of benzene rings is 1. The van der Waals surface area contributed by atoms with E-state index in [0.29, 0.717) is 0 Å². The van der Waals surface area contributed by atoms with Crippen LogP contribution in [-0.2, 0) is 11.3 Å². The third-order valence-corrected chi connectivity index (χ3v) is 6.49. The van der Waals surface area contributed by atoms with Crippen molar-refractivity contribution in [2.75, 3.05) is 19.7 Å². The molecule has 0 amide bonds. The zero-order chi connectivity index (χ0) is 15.5. The molecule has 1 aromatic rings. The number of piperidine rings is 1. The van der Waals surface area contributed by atoms with E-state index in [0.717, 1.165) is 25.0 Å². The van der Waals surface area contributed by atoms with Crippen molar-refractivity contribution in [2.24, 2.45) is 11.8 Å². The van der Waals surface area contributed by atoms with Crippen LogP contribution in [0.2, 0.25) is 0 Å². The van der Waals surface area contributed by atoms with Gasteiger partial charge in [-0.05, 0) is 24.3 Å². The molecule has 2 aliphatic heterocycles. The average Bonchev–Trinajstić information content (AvgIpc) is 3.38. The Morgan fingerprint density at radius 1 is 1.04 bits per heavy atom. The van der Waals surface area contributed by atoms with Crippen molar-refractivity contribution < 1.29 is 4.74 Å². The molecule has 0 aromatic heterocycles. The Morgan fingerprint density at radius 2 is 1.83 bits per heavy atom. The lowest BCUT2D eigenvalue weighted by molar-refractivity contribution is 0.0695. The van der Waals surface area contributed by atoms with Gasteiger partial charge < -0.3 is 4.74 Å². The number of epoxide rings is 1. The van der Waals surface area contributed by atoms with Gasteiger partial charge in [0.1, 0.15) is 0 Å². The highest BCUT2D eigenvalue weighted by molar-refractivity contribution is 5.15. The molecule has 2 heteroatoms. The molecule has 2 heterocycles. The largest absolute Gasteiger partial charge is 0.369 e. The van der Waals surface area contributed by atoms with Gasteiger partial charge in [-0.3, -0.25) is 4.90 Å². The van der Waals surface area contributed by atoms with E-state index in [2.05, 4.69) is 35.2 Å². The molecule has 3 aliphatic rings. The highest BCUT2D eigenvalue weighted by atomic mass is 16.6. The first kappa shape index (κ1) is 15.7. The molecule has 23 heavy (non-hydrogen) atoms. The molecule has 1 aliphatic carbocycles. The molecule has 0 bridgehead atoms. The lowest BCUT2D eigenvalue weighted by Gasteiger charge is -2.38. The lowest BCUT2D eigenvalue weighted by atomic mass is 9.78. The highest BCUT2D eigenvalue weighted by Crippen LogP contribution is 2.45. The van der Waals surface area contributed by atoms with Crippen LogP contribution in [0, 0.1) is 11.8 Å². The molecule has 2 nitrogen and oxygen atoms in total. The maximum atomic E-state index is 5.96. The predicted octanol–water partition coefficient (Wildman–Crippen LogP) is 4.64. The Labute approximate surface area is 141 Å². The normalized spacial score (nSPS) is 32.3. The fraction of sp³-hybridized carbons (Fsp3) is 0.714. The third-order valence-electron chi connectivity index (χ3n) is 6.49. The van der Waals surface area contributed by atoms with Crippen molar-refractivity contribution in [3.8, 4) is 0 Å². The Bertz CT molecular complexity index is 490. The zero-order valence-corrected chi connectivity index (χ0v) is 14.4. The van der Waals surface area contributed by atoms with Crippen molar-refractivity contribution in [3.05, 3.63) is 35.9 Å². The lowest BCUT2D eigenvalue weighted by Crippen LogP contribution is -2.45. The minimum atomic E-state index is 0.280. The second kappa shape index (κ2) is 6.94. The second-order valence-corrected chi connectivity index (χ2v) is 8.10. The second-order valence-electron chi connectivity index (χ2n) is 8.10. The monoisotopic (exact) mass is 313 g/mol. The first-order chi connectivity index (χ1) is 11.3. The number of ether oxygens (including phenoxy) is 1. The minimum absolute atomic E-state index is 0.280. The molecule has 4 rings (SSSR count). The fourth-order valence-corrected chi connectivity index (χ4v) is 4.85. The van der Waals surface area contributed by atoms with E-state index in [4.69, 9.17) is 4.74 Å². The Balaban J connectivity index is 1.32. The first-order valence-corrected chi connectivity index (χ1v) is 9.74. The van der Waals surface area contributed by atoms with E-state index in [-0.39, 0.29) is 5.60 Å². The van der Waals surface area contributed by atoms with Crippen molar-refractivity contribution in [2.45, 2.75) is 63.5 Å². The molecule has 2 unspecified atom stereocenters. The van der Waals surface area contributed by atoms with Crippen LogP contribution in [0.4, 0.5) is 0 Å². The van der Waals surface area contributed by atoms with Gasteiger partial charge in [0.25, 0.3) is 0 Å². The molecule has 1 spiro atoms. The van der Waals surface area contributed by atoms with Gasteiger partial charge in [-0.1, -0.05) is 68.9 Å². The van der Waals surface area contributed by atoms with Crippen molar-refractivity contribution in [3.63, 3.8) is 0 Å². The van der Waals surface area contributed by atoms with E-state index < -0.39 is 0 Å². The molecule has 126 valence electrons. The molecule has 3 fully saturated rings. The summed E-state index contributed by atoms with van der Waals surface area (Å²) in [6.07, 6.45) is 11.4. The number of hydrogen-bond acceptors (Lipinski definition) is 2. The summed E-state index contributed by atoms with van der Waals surface area (Å²) in [5.74, 6) is 1.77. The molecule has 0 radical (unpaired) electrons. The van der Waals surface area contributed by atoms with Gasteiger partial charge in [-0.15, -0.1) is 0 Å². The molecule has 1 aromatic carbocycles. The summed E-state index contributed by atoms with van der Waals surface area (Å²) in [5, 5.41) is 0. The van der Waals surface area contributed by atoms with Gasteiger partial charge in [0, 0.05) is 25.6 Å². The summed E-state index contributed by atoms with van der Waals surface area (Å²) in [7, 11) is 0. The van der Waals surface area contributed by atoms with Crippen molar-refractivity contribution >= 4 is 0 Å². The summed E-state index contributed by atoms with van der Waals surface area (Å²) >= 11 is 0. The first-order valence-electron chi connectivity index (χ1n) is 9.74. The Hall–Kier alpha value is -0.860. The van der Waals surface area contributed by atoms with Crippen LogP contribution >= 0.6 is 0 Å². The van der Waals surface area contributed by atoms with Gasteiger partial charge in [0.05, 0.1) is 12.2 Å². The molecule has 2 atom stereocenters. The topological polar surface area (TPSA) is 15.8 Å². The number of hydrogen-bond donors (Lipinski definition) is 0. The van der Waals surface area contributed by atoms with Crippen LogP contribution < -0.4 is 0 Å². The minimum Gasteiger partial charge on any atom is -0.369 e. The van der Waals surface area contributed by atoms with E-state index in [1.54, 1.807) is 0 Å². The maximum Gasteiger partial charge on any atom is 0.0968 e. The predicted molar refractivity (Wildman–Crippen MR) is 94.3 cm³/mol. The standard InChI is InChI=1S/C21H31NO/c1-3-7-18(8-4-1)11-12-20-16-22(14-13-21(20)17-23-21)15-19-9-5-2-6-10-19/h2,5-6,9-10,18,20H,1,3-4,7-8,11-17H2. The Kier molecular flexibility index (Phi) is 4.73. The van der Waals surface area contributed by atoms with Crippen LogP contribution in [0.5, 0.6) is 0 Å². The maximum absolute atomic E-state index is 5.96. The molecular formula is C21H31NO. The highest BCUT2D eigenvalue weighted by Gasteiger charge is 2.53. The van der Waals surface area contributed by atoms with E-state index in [9.17, 15) is 0 Å². The molecule has 0 N–H and O–H groups in total. The van der Waals surface area contributed by atoms with Gasteiger partial charge in [-0.2, -0.15) is 0 Å². The van der Waals surface area contributed by atoms with Crippen LogP contribution in [0.1, 0.15) is 56.9 Å². The van der Waals surface area contributed by atoms with Gasteiger partial charge in [-0.25, -0.2) is 0 Å². The van der Waals surface area contributed by atoms with E-state index in [1.165, 1.54) is 70.0 Å². The zero-order valence-electron chi connectivity index (χ0n) is 14.4. The SMILES string of the molecule is c1ccc(CN2CCC3(CO3)C(CCC3CCCCC3)C2)cc1. The van der Waals surface area contributed by atoms with Gasteiger partial charge in [0.2, 0.25) is 0 Å².